The highest BCUT2D eigenvalue weighted by atomic mass is 32.2. The highest BCUT2D eigenvalue weighted by molar-refractivity contribution is 8.08. The lowest BCUT2D eigenvalue weighted by Gasteiger charge is -2.26. The third kappa shape index (κ3) is 3.62. The highest BCUT2D eigenvalue weighted by Gasteiger charge is 2.38. The van der Waals surface area contributed by atoms with Gasteiger partial charge in [0.1, 0.15) is 4.90 Å². The van der Waals surface area contributed by atoms with Gasteiger partial charge in [0.25, 0.3) is 5.91 Å². The second kappa shape index (κ2) is 7.48. The third-order valence-corrected chi connectivity index (χ3v) is 6.13. The van der Waals surface area contributed by atoms with Gasteiger partial charge in [0.05, 0.1) is 5.69 Å². The zero-order chi connectivity index (χ0) is 20.4. The number of benzene rings is 2. The Kier molecular flexibility index (Phi) is 4.85. The van der Waals surface area contributed by atoms with Crippen LogP contribution in [0.2, 0.25) is 0 Å². The summed E-state index contributed by atoms with van der Waals surface area (Å²) in [5.41, 5.74) is 2.51. The van der Waals surface area contributed by atoms with E-state index in [9.17, 15) is 13.2 Å². The fourth-order valence-corrected chi connectivity index (χ4v) is 4.29. The third-order valence-electron chi connectivity index (χ3n) is 4.46. The molecule has 146 valence electrons. The summed E-state index contributed by atoms with van der Waals surface area (Å²) in [5.74, 6) is -0.601. The smallest absolute Gasteiger partial charge is 0.284 e. The van der Waals surface area contributed by atoms with Crippen LogP contribution in [0.4, 0.5) is 11.5 Å². The molecule has 1 N–H and O–H groups in total. The molecule has 1 aliphatic heterocycles. The normalized spacial score (nSPS) is 14.7. The van der Waals surface area contributed by atoms with E-state index in [0.29, 0.717) is 5.69 Å². The lowest BCUT2D eigenvalue weighted by atomic mass is 10.2. The number of sulfone groups is 1. The standard InChI is InChI=1S/C21H18N4O3S/c1-15-9-11-17(12-10-15)25-19-18(8-5-13-22-19)29(27,28)21(24-25)20(26)23-14-16-6-3-2-4-7-16/h2-13H,14H2,1H3,(H,23,26). The van der Waals surface area contributed by atoms with Crippen LogP contribution in [0.25, 0.3) is 0 Å². The molecule has 0 bridgehead atoms. The Hall–Kier alpha value is -3.52. The summed E-state index contributed by atoms with van der Waals surface area (Å²) in [6.07, 6.45) is 1.49. The highest BCUT2D eigenvalue weighted by Crippen LogP contribution is 2.34. The molecule has 7 nitrogen and oxygen atoms in total. The van der Waals surface area contributed by atoms with Crippen LogP contribution in [0.1, 0.15) is 11.1 Å². The van der Waals surface area contributed by atoms with Crippen LogP contribution in [-0.2, 0) is 21.2 Å². The van der Waals surface area contributed by atoms with Gasteiger partial charge in [-0.25, -0.2) is 18.4 Å². The van der Waals surface area contributed by atoms with Crippen LogP contribution in [0, 0.1) is 6.92 Å². The molecule has 2 aromatic carbocycles. The van der Waals surface area contributed by atoms with Crippen LogP contribution in [0.3, 0.4) is 0 Å². The van der Waals surface area contributed by atoms with Crippen molar-refractivity contribution in [3.63, 3.8) is 0 Å². The monoisotopic (exact) mass is 406 g/mol. The first-order valence-corrected chi connectivity index (χ1v) is 10.4. The number of nitrogens with one attached hydrogen (secondary N) is 1. The molecule has 0 spiro atoms. The van der Waals surface area contributed by atoms with Crippen molar-refractivity contribution in [2.45, 2.75) is 18.4 Å². The summed E-state index contributed by atoms with van der Waals surface area (Å²) in [6.45, 7) is 2.14. The van der Waals surface area contributed by atoms with Crippen molar-refractivity contribution in [2.75, 3.05) is 5.01 Å². The zero-order valence-electron chi connectivity index (χ0n) is 15.6. The SMILES string of the molecule is Cc1ccc(N2N=C(C(=O)NCc3ccccc3)S(=O)(=O)c3cccnc32)cc1. The number of aromatic nitrogens is 1. The van der Waals surface area contributed by atoms with E-state index < -0.39 is 20.8 Å². The van der Waals surface area contributed by atoms with Gasteiger partial charge in [-0.1, -0.05) is 48.0 Å². The minimum absolute atomic E-state index is 0.0552. The summed E-state index contributed by atoms with van der Waals surface area (Å²) >= 11 is 0. The van der Waals surface area contributed by atoms with Crippen molar-refractivity contribution in [3.05, 3.63) is 84.1 Å². The van der Waals surface area contributed by atoms with Crippen LogP contribution in [-0.4, -0.2) is 24.4 Å². The predicted molar refractivity (Wildman–Crippen MR) is 110 cm³/mol. The second-order valence-corrected chi connectivity index (χ2v) is 8.38. The number of aryl methyl sites for hydroxylation is 1. The maximum Gasteiger partial charge on any atom is 0.284 e. The molecule has 0 saturated carbocycles. The Morgan fingerprint density at radius 1 is 1.00 bits per heavy atom. The zero-order valence-corrected chi connectivity index (χ0v) is 16.4. The Morgan fingerprint density at radius 2 is 1.72 bits per heavy atom. The van der Waals surface area contributed by atoms with E-state index in [2.05, 4.69) is 15.4 Å². The molecule has 0 atom stereocenters. The summed E-state index contributed by atoms with van der Waals surface area (Å²) in [4.78, 5) is 16.9. The summed E-state index contributed by atoms with van der Waals surface area (Å²) in [5, 5.41) is 7.64. The summed E-state index contributed by atoms with van der Waals surface area (Å²) < 4.78 is 26.1. The van der Waals surface area contributed by atoms with Crippen LogP contribution >= 0.6 is 0 Å². The first-order chi connectivity index (χ1) is 14.0. The number of nitrogens with zero attached hydrogens (tertiary/aromatic N) is 3. The molecule has 3 aromatic rings. The lowest BCUT2D eigenvalue weighted by molar-refractivity contribution is -0.114. The second-order valence-electron chi connectivity index (χ2n) is 6.55. The van der Waals surface area contributed by atoms with Gasteiger partial charge in [-0.3, -0.25) is 4.79 Å². The molecule has 1 amide bonds. The number of hydrazone groups is 1. The molecule has 1 aromatic heterocycles. The number of carbonyl (C=O) groups excluding carboxylic acids is 1. The maximum absolute atomic E-state index is 13.0. The lowest BCUT2D eigenvalue weighted by Crippen LogP contribution is -2.40. The number of carbonyl (C=O) groups is 1. The Morgan fingerprint density at radius 3 is 2.45 bits per heavy atom. The van der Waals surface area contributed by atoms with E-state index in [1.54, 1.807) is 12.1 Å². The van der Waals surface area contributed by atoms with Crippen molar-refractivity contribution in [3.8, 4) is 0 Å². The first kappa shape index (κ1) is 18.8. The number of hydrogen-bond donors (Lipinski definition) is 1. The van der Waals surface area contributed by atoms with Crippen LogP contribution < -0.4 is 10.3 Å². The van der Waals surface area contributed by atoms with Gasteiger partial charge in [-0.05, 0) is 36.8 Å². The number of rotatable bonds is 4. The quantitative estimate of drug-likeness (QED) is 0.719. The average molecular weight is 406 g/mol. The topological polar surface area (TPSA) is 91.7 Å². The molecule has 8 heteroatoms. The first-order valence-electron chi connectivity index (χ1n) is 8.94. The fourth-order valence-electron chi connectivity index (χ4n) is 2.93. The molecule has 0 saturated heterocycles. The van der Waals surface area contributed by atoms with Crippen LogP contribution in [0.5, 0.6) is 0 Å². The number of hydrogen-bond acceptors (Lipinski definition) is 6. The molecule has 0 fully saturated rings. The summed E-state index contributed by atoms with van der Waals surface area (Å²) in [7, 11) is -4.10. The largest absolute Gasteiger partial charge is 0.346 e. The van der Waals surface area contributed by atoms with E-state index >= 15 is 0 Å². The Labute approximate surface area is 168 Å². The molecular formula is C21H18N4O3S. The number of anilines is 2. The number of fused-ring (bicyclic) bond motifs is 1. The van der Waals surface area contributed by atoms with Gasteiger partial charge in [0.15, 0.2) is 5.82 Å². The Bertz CT molecular complexity index is 1190. The van der Waals surface area contributed by atoms with Crippen molar-refractivity contribution in [2.24, 2.45) is 5.10 Å². The summed E-state index contributed by atoms with van der Waals surface area (Å²) in [6, 6.07) is 19.6. The molecule has 0 aliphatic carbocycles. The van der Waals surface area contributed by atoms with Gasteiger partial charge in [0, 0.05) is 12.7 Å². The fraction of sp³-hybridized carbons (Fsp3) is 0.0952. The average Bonchev–Trinajstić information content (AvgIpc) is 2.74. The predicted octanol–water partition coefficient (Wildman–Crippen LogP) is 2.95. The van der Waals surface area contributed by atoms with Crippen molar-refractivity contribution < 1.29 is 13.2 Å². The van der Waals surface area contributed by atoms with Crippen molar-refractivity contribution in [1.29, 1.82) is 0 Å². The minimum Gasteiger partial charge on any atom is -0.346 e. The number of pyridine rings is 1. The van der Waals surface area contributed by atoms with Gasteiger partial charge in [-0.15, -0.1) is 5.10 Å². The Balaban J connectivity index is 1.73. The minimum atomic E-state index is -4.10. The number of amides is 1. The van der Waals surface area contributed by atoms with Gasteiger partial charge >= 0.3 is 0 Å². The van der Waals surface area contributed by atoms with E-state index in [4.69, 9.17) is 0 Å². The van der Waals surface area contributed by atoms with E-state index in [0.717, 1.165) is 11.1 Å². The molecule has 0 unspecified atom stereocenters. The van der Waals surface area contributed by atoms with Gasteiger partial charge in [-0.2, -0.15) is 0 Å². The molecular weight excluding hydrogens is 388 g/mol. The van der Waals surface area contributed by atoms with E-state index in [-0.39, 0.29) is 17.3 Å². The van der Waals surface area contributed by atoms with Crippen molar-refractivity contribution in [1.82, 2.24) is 10.3 Å². The van der Waals surface area contributed by atoms with E-state index in [1.807, 2.05) is 49.4 Å². The van der Waals surface area contributed by atoms with E-state index in [1.165, 1.54) is 23.3 Å². The van der Waals surface area contributed by atoms with Gasteiger partial charge < -0.3 is 5.32 Å². The molecule has 4 rings (SSSR count). The molecule has 2 heterocycles. The maximum atomic E-state index is 13.0. The molecule has 0 radical (unpaired) electrons. The van der Waals surface area contributed by atoms with Crippen LogP contribution in [0.15, 0.2) is 82.9 Å². The molecule has 29 heavy (non-hydrogen) atoms. The van der Waals surface area contributed by atoms with Gasteiger partial charge in [0.2, 0.25) is 14.9 Å². The molecule has 1 aliphatic rings. The van der Waals surface area contributed by atoms with Crippen molar-refractivity contribution >= 4 is 32.3 Å².